The van der Waals surface area contributed by atoms with Gasteiger partial charge in [0.25, 0.3) is 0 Å². The molecule has 4 nitrogen and oxygen atoms in total. The number of hydrogen-bond acceptors (Lipinski definition) is 5. The molecule has 0 amide bonds. The number of aromatic nitrogens is 2. The summed E-state index contributed by atoms with van der Waals surface area (Å²) in [5.41, 5.74) is 9.01. The van der Waals surface area contributed by atoms with E-state index in [1.54, 1.807) is 17.5 Å². The zero-order valence-corrected chi connectivity index (χ0v) is 12.3. The predicted molar refractivity (Wildman–Crippen MR) is 85.1 cm³/mol. The van der Waals surface area contributed by atoms with Crippen LogP contribution in [0.2, 0.25) is 0 Å². The van der Waals surface area contributed by atoms with Gasteiger partial charge < -0.3 is 10.6 Å². The van der Waals surface area contributed by atoms with Crippen molar-refractivity contribution in [3.63, 3.8) is 0 Å². The molecule has 3 aromatic rings. The number of rotatable bonds is 3. The van der Waals surface area contributed by atoms with Gasteiger partial charge in [-0.2, -0.15) is 0 Å². The lowest BCUT2D eigenvalue weighted by molar-refractivity contribution is 0.894. The van der Waals surface area contributed by atoms with Crippen LogP contribution in [0, 0.1) is 6.92 Å². The number of nitrogens with two attached hydrogens (primary N) is 1. The summed E-state index contributed by atoms with van der Waals surface area (Å²) in [6.07, 6.45) is 3.64. The molecule has 0 saturated heterocycles. The van der Waals surface area contributed by atoms with E-state index in [9.17, 15) is 0 Å². The minimum atomic E-state index is 0.776. The van der Waals surface area contributed by atoms with E-state index in [-0.39, 0.29) is 0 Å². The Morgan fingerprint density at radius 1 is 1.25 bits per heavy atom. The standard InChI is InChI=1S/C15H16N4S/c1-10-18-11(9-20-10)8-19(2)15-4-3-14(16)12-5-6-17-7-13(12)15/h3-7,9H,8,16H2,1-2H3. The molecule has 0 fully saturated rings. The highest BCUT2D eigenvalue weighted by Gasteiger charge is 2.10. The van der Waals surface area contributed by atoms with Crippen molar-refractivity contribution < 1.29 is 0 Å². The van der Waals surface area contributed by atoms with E-state index in [1.807, 2.05) is 31.3 Å². The molecule has 2 aromatic heterocycles. The third-order valence-electron chi connectivity index (χ3n) is 3.31. The predicted octanol–water partition coefficient (Wildman–Crippen LogP) is 3.22. The molecule has 2 heterocycles. The molecule has 0 aliphatic carbocycles. The van der Waals surface area contributed by atoms with Crippen LogP contribution in [-0.4, -0.2) is 17.0 Å². The van der Waals surface area contributed by atoms with Crippen LogP contribution in [0.3, 0.4) is 0 Å². The highest BCUT2D eigenvalue weighted by Crippen LogP contribution is 2.30. The van der Waals surface area contributed by atoms with Crippen LogP contribution < -0.4 is 10.6 Å². The van der Waals surface area contributed by atoms with E-state index in [4.69, 9.17) is 5.73 Å². The molecule has 0 aliphatic heterocycles. The Balaban J connectivity index is 1.99. The average molecular weight is 284 g/mol. The number of pyridine rings is 1. The van der Waals surface area contributed by atoms with Crippen LogP contribution in [0.5, 0.6) is 0 Å². The van der Waals surface area contributed by atoms with Crippen LogP contribution in [0.1, 0.15) is 10.7 Å². The number of thiazole rings is 1. The third-order valence-corrected chi connectivity index (χ3v) is 4.13. The van der Waals surface area contributed by atoms with Gasteiger partial charge in [0.2, 0.25) is 0 Å². The zero-order chi connectivity index (χ0) is 14.1. The molecule has 20 heavy (non-hydrogen) atoms. The second-order valence-corrected chi connectivity index (χ2v) is 5.87. The van der Waals surface area contributed by atoms with E-state index >= 15 is 0 Å². The van der Waals surface area contributed by atoms with E-state index in [0.29, 0.717) is 0 Å². The first-order chi connectivity index (χ1) is 9.65. The van der Waals surface area contributed by atoms with Gasteiger partial charge in [0.1, 0.15) is 0 Å². The number of fused-ring (bicyclic) bond motifs is 1. The van der Waals surface area contributed by atoms with Crippen LogP contribution in [0.15, 0.2) is 36.0 Å². The monoisotopic (exact) mass is 284 g/mol. The van der Waals surface area contributed by atoms with Crippen LogP contribution >= 0.6 is 11.3 Å². The molecule has 0 saturated carbocycles. The summed E-state index contributed by atoms with van der Waals surface area (Å²) in [5, 5.41) is 5.31. The van der Waals surface area contributed by atoms with Gasteiger partial charge in [-0.25, -0.2) is 4.98 Å². The van der Waals surface area contributed by atoms with Crippen molar-refractivity contribution in [3.05, 3.63) is 46.7 Å². The molecular formula is C15H16N4S. The molecule has 0 unspecified atom stereocenters. The van der Waals surface area contributed by atoms with E-state index in [0.717, 1.165) is 39.4 Å². The maximum Gasteiger partial charge on any atom is 0.0898 e. The SMILES string of the molecule is Cc1nc(CN(C)c2ccc(N)c3ccncc23)cs1. The fourth-order valence-electron chi connectivity index (χ4n) is 2.34. The molecule has 1 aromatic carbocycles. The minimum Gasteiger partial charge on any atom is -0.398 e. The van der Waals surface area contributed by atoms with Crippen molar-refractivity contribution in [2.45, 2.75) is 13.5 Å². The highest BCUT2D eigenvalue weighted by molar-refractivity contribution is 7.09. The lowest BCUT2D eigenvalue weighted by Crippen LogP contribution is -2.17. The first-order valence-corrected chi connectivity index (χ1v) is 7.27. The Bertz CT molecular complexity index is 750. The van der Waals surface area contributed by atoms with Gasteiger partial charge in [0, 0.05) is 47.0 Å². The quantitative estimate of drug-likeness (QED) is 0.750. The summed E-state index contributed by atoms with van der Waals surface area (Å²) in [5.74, 6) is 0. The summed E-state index contributed by atoms with van der Waals surface area (Å²) in [7, 11) is 2.06. The number of hydrogen-bond donors (Lipinski definition) is 1. The summed E-state index contributed by atoms with van der Waals surface area (Å²) < 4.78 is 0. The number of nitrogens with zero attached hydrogens (tertiary/aromatic N) is 3. The van der Waals surface area contributed by atoms with Gasteiger partial charge in [0.15, 0.2) is 0 Å². The molecule has 3 rings (SSSR count). The van der Waals surface area contributed by atoms with Gasteiger partial charge in [0.05, 0.1) is 17.2 Å². The van der Waals surface area contributed by atoms with Crippen molar-refractivity contribution in [1.29, 1.82) is 0 Å². The van der Waals surface area contributed by atoms with Gasteiger partial charge in [-0.3, -0.25) is 4.98 Å². The zero-order valence-electron chi connectivity index (χ0n) is 11.5. The smallest absolute Gasteiger partial charge is 0.0898 e. The average Bonchev–Trinajstić information content (AvgIpc) is 2.84. The second kappa shape index (κ2) is 5.09. The summed E-state index contributed by atoms with van der Waals surface area (Å²) >= 11 is 1.68. The number of aryl methyl sites for hydroxylation is 1. The number of benzene rings is 1. The minimum absolute atomic E-state index is 0.776. The molecule has 102 valence electrons. The first kappa shape index (κ1) is 12.9. The van der Waals surface area contributed by atoms with Crippen molar-refractivity contribution in [3.8, 4) is 0 Å². The van der Waals surface area contributed by atoms with E-state index < -0.39 is 0 Å². The van der Waals surface area contributed by atoms with Crippen molar-refractivity contribution in [2.75, 3.05) is 17.7 Å². The Morgan fingerprint density at radius 3 is 2.85 bits per heavy atom. The molecule has 0 atom stereocenters. The fraction of sp³-hybridized carbons (Fsp3) is 0.200. The Labute approximate surface area is 121 Å². The van der Waals surface area contributed by atoms with Gasteiger partial charge in [-0.15, -0.1) is 11.3 Å². The van der Waals surface area contributed by atoms with E-state index in [1.165, 1.54) is 0 Å². The normalized spacial score (nSPS) is 10.9. The molecule has 0 radical (unpaired) electrons. The van der Waals surface area contributed by atoms with Crippen molar-refractivity contribution >= 4 is 33.5 Å². The maximum atomic E-state index is 6.02. The van der Waals surface area contributed by atoms with Crippen LogP contribution in [0.4, 0.5) is 11.4 Å². The van der Waals surface area contributed by atoms with Gasteiger partial charge in [-0.05, 0) is 25.1 Å². The Hall–Kier alpha value is -2.14. The number of anilines is 2. The molecule has 0 spiro atoms. The van der Waals surface area contributed by atoms with Crippen molar-refractivity contribution in [2.24, 2.45) is 0 Å². The highest BCUT2D eigenvalue weighted by atomic mass is 32.1. The molecule has 5 heteroatoms. The van der Waals surface area contributed by atoms with Gasteiger partial charge in [-0.1, -0.05) is 0 Å². The second-order valence-electron chi connectivity index (χ2n) is 4.81. The lowest BCUT2D eigenvalue weighted by Gasteiger charge is -2.20. The topological polar surface area (TPSA) is 55.0 Å². The maximum absolute atomic E-state index is 6.02. The fourth-order valence-corrected chi connectivity index (χ4v) is 2.94. The molecule has 0 aliphatic rings. The van der Waals surface area contributed by atoms with E-state index in [2.05, 4.69) is 27.3 Å². The largest absolute Gasteiger partial charge is 0.398 e. The summed E-state index contributed by atoms with van der Waals surface area (Å²) in [6, 6.07) is 5.94. The van der Waals surface area contributed by atoms with Crippen LogP contribution in [0.25, 0.3) is 10.8 Å². The third kappa shape index (κ3) is 2.32. The van der Waals surface area contributed by atoms with Crippen molar-refractivity contribution in [1.82, 2.24) is 9.97 Å². The van der Waals surface area contributed by atoms with Gasteiger partial charge >= 0.3 is 0 Å². The molecular weight excluding hydrogens is 268 g/mol. The number of nitrogen functional groups attached to an aromatic ring is 1. The molecule has 2 N–H and O–H groups in total. The Kier molecular flexibility index (Phi) is 3.28. The molecule has 0 bridgehead atoms. The van der Waals surface area contributed by atoms with Crippen LogP contribution in [-0.2, 0) is 6.54 Å². The summed E-state index contributed by atoms with van der Waals surface area (Å²) in [6.45, 7) is 2.80. The summed E-state index contributed by atoms with van der Waals surface area (Å²) in [4.78, 5) is 10.9. The Morgan fingerprint density at radius 2 is 2.10 bits per heavy atom. The first-order valence-electron chi connectivity index (χ1n) is 6.39. The lowest BCUT2D eigenvalue weighted by atomic mass is 10.1.